The zero-order chi connectivity index (χ0) is 17.7. The van der Waals surface area contributed by atoms with Gasteiger partial charge in [0.25, 0.3) is 0 Å². The first-order chi connectivity index (χ1) is 11.3. The molecule has 2 aromatic carbocycles. The Morgan fingerprint density at radius 3 is 2.25 bits per heavy atom. The molecule has 0 unspecified atom stereocenters. The summed E-state index contributed by atoms with van der Waals surface area (Å²) in [6, 6.07) is 7.71. The third kappa shape index (κ3) is 4.92. The molecule has 0 saturated carbocycles. The zero-order valence-electron chi connectivity index (χ0n) is 12.6. The van der Waals surface area contributed by atoms with Gasteiger partial charge in [0.15, 0.2) is 0 Å². The fraction of sp³-hybridized carbons (Fsp3) is 0.125. The fourth-order valence-electron chi connectivity index (χ4n) is 1.90. The lowest BCUT2D eigenvalue weighted by Crippen LogP contribution is -2.22. The van der Waals surface area contributed by atoms with Crippen LogP contribution < -0.4 is 16.0 Å². The van der Waals surface area contributed by atoms with Gasteiger partial charge in [0.1, 0.15) is 11.6 Å². The Balaban J connectivity index is 1.98. The minimum atomic E-state index is -0.593. The minimum Gasteiger partial charge on any atom is -0.374 e. The van der Waals surface area contributed by atoms with Gasteiger partial charge in [-0.15, -0.1) is 0 Å². The van der Waals surface area contributed by atoms with Crippen molar-refractivity contribution < 1.29 is 18.4 Å². The number of anilines is 3. The molecule has 0 aromatic heterocycles. The van der Waals surface area contributed by atoms with E-state index in [2.05, 4.69) is 16.0 Å². The molecule has 0 atom stereocenters. The molecule has 0 aliphatic rings. The van der Waals surface area contributed by atoms with Crippen LogP contribution in [-0.2, 0) is 9.59 Å². The molecular formula is C16H14ClF2N3O2. The molecule has 126 valence electrons. The molecule has 0 radical (unpaired) electrons. The number of carbonyl (C=O) groups excluding carboxylic acids is 2. The Labute approximate surface area is 142 Å². The maximum Gasteiger partial charge on any atom is 0.243 e. The second-order valence-corrected chi connectivity index (χ2v) is 5.31. The lowest BCUT2D eigenvalue weighted by atomic mass is 10.2. The molecule has 0 fully saturated rings. The van der Waals surface area contributed by atoms with Crippen molar-refractivity contribution in [2.45, 2.75) is 6.92 Å². The molecule has 8 heteroatoms. The summed E-state index contributed by atoms with van der Waals surface area (Å²) in [6.45, 7) is 1.10. The first kappa shape index (κ1) is 17.7. The van der Waals surface area contributed by atoms with Crippen molar-refractivity contribution in [1.82, 2.24) is 0 Å². The van der Waals surface area contributed by atoms with E-state index in [9.17, 15) is 18.4 Å². The molecule has 2 rings (SSSR count). The first-order valence-corrected chi connectivity index (χ1v) is 7.29. The topological polar surface area (TPSA) is 70.2 Å². The maximum atomic E-state index is 13.7. The normalized spacial score (nSPS) is 10.2. The second kappa shape index (κ2) is 7.74. The molecule has 0 aliphatic heterocycles. The van der Waals surface area contributed by atoms with Crippen LogP contribution in [0.4, 0.5) is 25.8 Å². The van der Waals surface area contributed by atoms with E-state index in [-0.39, 0.29) is 23.2 Å². The highest BCUT2D eigenvalue weighted by Crippen LogP contribution is 2.21. The fourth-order valence-corrected chi connectivity index (χ4v) is 2.08. The predicted octanol–water partition coefficient (Wildman–Crippen LogP) is 3.63. The monoisotopic (exact) mass is 353 g/mol. The van der Waals surface area contributed by atoms with Crippen LogP contribution in [0.3, 0.4) is 0 Å². The third-order valence-electron chi connectivity index (χ3n) is 2.93. The maximum absolute atomic E-state index is 13.7. The average molecular weight is 354 g/mol. The standard InChI is InChI=1S/C16H14ClF2N3O2/c1-9(23)21-11-3-5-14(19)15(7-11)20-8-16(24)22-10-2-4-13(18)12(17)6-10/h2-7,20H,8H2,1H3,(H,21,23)(H,22,24). The van der Waals surface area contributed by atoms with Crippen molar-refractivity contribution in [3.05, 3.63) is 53.1 Å². The average Bonchev–Trinajstić information content (AvgIpc) is 2.51. The van der Waals surface area contributed by atoms with Crippen molar-refractivity contribution in [1.29, 1.82) is 0 Å². The molecule has 2 amide bonds. The van der Waals surface area contributed by atoms with Gasteiger partial charge in [-0.1, -0.05) is 11.6 Å². The number of hydrogen-bond donors (Lipinski definition) is 3. The summed E-state index contributed by atoms with van der Waals surface area (Å²) in [5.74, 6) is -1.92. The number of nitrogens with one attached hydrogen (secondary N) is 3. The number of amides is 2. The van der Waals surface area contributed by atoms with Gasteiger partial charge in [0.2, 0.25) is 11.8 Å². The van der Waals surface area contributed by atoms with Crippen molar-refractivity contribution in [3.63, 3.8) is 0 Å². The van der Waals surface area contributed by atoms with Crippen LogP contribution in [0.5, 0.6) is 0 Å². The van der Waals surface area contributed by atoms with Crippen molar-refractivity contribution >= 4 is 40.5 Å². The molecule has 0 saturated heterocycles. The van der Waals surface area contributed by atoms with E-state index in [1.165, 1.54) is 37.3 Å². The molecule has 2 aromatic rings. The Bertz CT molecular complexity index is 784. The molecule has 0 bridgehead atoms. The lowest BCUT2D eigenvalue weighted by molar-refractivity contribution is -0.115. The van der Waals surface area contributed by atoms with Gasteiger partial charge in [-0.3, -0.25) is 9.59 Å². The van der Waals surface area contributed by atoms with E-state index < -0.39 is 17.5 Å². The Hall–Kier alpha value is -2.67. The Morgan fingerprint density at radius 2 is 1.62 bits per heavy atom. The predicted molar refractivity (Wildman–Crippen MR) is 89.2 cm³/mol. The molecule has 0 heterocycles. The SMILES string of the molecule is CC(=O)Nc1ccc(F)c(NCC(=O)Nc2ccc(F)c(Cl)c2)c1. The highest BCUT2D eigenvalue weighted by molar-refractivity contribution is 6.31. The number of halogens is 3. The van der Waals surface area contributed by atoms with E-state index in [4.69, 9.17) is 11.6 Å². The van der Waals surface area contributed by atoms with Gasteiger partial charge in [0, 0.05) is 18.3 Å². The zero-order valence-corrected chi connectivity index (χ0v) is 13.4. The van der Waals surface area contributed by atoms with Gasteiger partial charge in [-0.25, -0.2) is 8.78 Å². The molecule has 5 nitrogen and oxygen atoms in total. The van der Waals surface area contributed by atoms with Gasteiger partial charge in [0.05, 0.1) is 17.3 Å². The van der Waals surface area contributed by atoms with Crippen LogP contribution in [-0.4, -0.2) is 18.4 Å². The summed E-state index contributed by atoms with van der Waals surface area (Å²) in [4.78, 5) is 22.9. The number of carbonyl (C=O) groups is 2. The van der Waals surface area contributed by atoms with Crippen molar-refractivity contribution in [3.8, 4) is 0 Å². The Morgan fingerprint density at radius 1 is 1.00 bits per heavy atom. The quantitative estimate of drug-likeness (QED) is 0.768. The smallest absolute Gasteiger partial charge is 0.243 e. The van der Waals surface area contributed by atoms with E-state index in [0.29, 0.717) is 11.4 Å². The molecule has 0 spiro atoms. The number of hydrogen-bond acceptors (Lipinski definition) is 3. The highest BCUT2D eigenvalue weighted by atomic mass is 35.5. The van der Waals surface area contributed by atoms with Crippen LogP contribution in [0.25, 0.3) is 0 Å². The van der Waals surface area contributed by atoms with E-state index >= 15 is 0 Å². The van der Waals surface area contributed by atoms with E-state index in [1.807, 2.05) is 0 Å². The van der Waals surface area contributed by atoms with Gasteiger partial charge >= 0.3 is 0 Å². The van der Waals surface area contributed by atoms with Gasteiger partial charge < -0.3 is 16.0 Å². The van der Waals surface area contributed by atoms with Crippen LogP contribution in [0, 0.1) is 11.6 Å². The summed E-state index contributed by atoms with van der Waals surface area (Å²) >= 11 is 5.62. The van der Waals surface area contributed by atoms with Crippen LogP contribution in [0.1, 0.15) is 6.92 Å². The lowest BCUT2D eigenvalue weighted by Gasteiger charge is -2.11. The molecule has 24 heavy (non-hydrogen) atoms. The molecule has 3 N–H and O–H groups in total. The summed E-state index contributed by atoms with van der Waals surface area (Å²) in [6.07, 6.45) is 0. The minimum absolute atomic E-state index is 0.0635. The third-order valence-corrected chi connectivity index (χ3v) is 3.22. The summed E-state index contributed by atoms with van der Waals surface area (Å²) < 4.78 is 26.8. The van der Waals surface area contributed by atoms with Crippen LogP contribution in [0.2, 0.25) is 5.02 Å². The van der Waals surface area contributed by atoms with Gasteiger partial charge in [-0.2, -0.15) is 0 Å². The Kier molecular flexibility index (Phi) is 5.70. The van der Waals surface area contributed by atoms with Crippen LogP contribution >= 0.6 is 11.6 Å². The number of benzene rings is 2. The van der Waals surface area contributed by atoms with Crippen LogP contribution in [0.15, 0.2) is 36.4 Å². The highest BCUT2D eigenvalue weighted by Gasteiger charge is 2.08. The van der Waals surface area contributed by atoms with Gasteiger partial charge in [-0.05, 0) is 36.4 Å². The second-order valence-electron chi connectivity index (χ2n) is 4.91. The summed E-state index contributed by atoms with van der Waals surface area (Å²) in [7, 11) is 0. The molecule has 0 aliphatic carbocycles. The first-order valence-electron chi connectivity index (χ1n) is 6.91. The number of rotatable bonds is 5. The summed E-state index contributed by atoms with van der Waals surface area (Å²) in [5.41, 5.74) is 0.784. The van der Waals surface area contributed by atoms with E-state index in [0.717, 1.165) is 6.07 Å². The largest absolute Gasteiger partial charge is 0.374 e. The van der Waals surface area contributed by atoms with E-state index in [1.54, 1.807) is 0 Å². The van der Waals surface area contributed by atoms with Crippen molar-refractivity contribution in [2.75, 3.05) is 22.5 Å². The molecular weight excluding hydrogens is 340 g/mol. The summed E-state index contributed by atoms with van der Waals surface area (Å²) in [5, 5.41) is 7.53. The van der Waals surface area contributed by atoms with Crippen molar-refractivity contribution in [2.24, 2.45) is 0 Å².